The topological polar surface area (TPSA) is 74.4 Å². The van der Waals surface area contributed by atoms with Crippen LogP contribution < -0.4 is 15.5 Å². The summed E-state index contributed by atoms with van der Waals surface area (Å²) >= 11 is 1.57. The van der Waals surface area contributed by atoms with Crippen LogP contribution in [0.4, 0.5) is 16.9 Å². The lowest BCUT2D eigenvalue weighted by Crippen LogP contribution is -2.46. The first-order valence-electron chi connectivity index (χ1n) is 7.29. The molecule has 2 N–H and O–H groups in total. The van der Waals surface area contributed by atoms with E-state index in [1.54, 1.807) is 11.3 Å². The van der Waals surface area contributed by atoms with Gasteiger partial charge in [-0.3, -0.25) is 4.90 Å². The van der Waals surface area contributed by atoms with Crippen LogP contribution in [0.2, 0.25) is 0 Å². The molecule has 22 heavy (non-hydrogen) atoms. The highest BCUT2D eigenvalue weighted by molar-refractivity contribution is 7.15. The smallest absolute Gasteiger partial charge is 0.226 e. The van der Waals surface area contributed by atoms with Gasteiger partial charge in [-0.2, -0.15) is 4.98 Å². The molecule has 3 rings (SSSR count). The van der Waals surface area contributed by atoms with Crippen molar-refractivity contribution in [2.45, 2.75) is 6.54 Å². The Morgan fingerprint density at radius 1 is 1.23 bits per heavy atom. The van der Waals surface area contributed by atoms with Crippen LogP contribution in [-0.4, -0.2) is 60.1 Å². The monoisotopic (exact) mass is 319 g/mol. The third-order valence-electron chi connectivity index (χ3n) is 3.68. The van der Waals surface area contributed by atoms with Crippen LogP contribution in [0, 0.1) is 0 Å². The van der Waals surface area contributed by atoms with Crippen LogP contribution in [0.3, 0.4) is 0 Å². The lowest BCUT2D eigenvalue weighted by molar-refractivity contribution is 0.251. The fourth-order valence-electron chi connectivity index (χ4n) is 2.48. The zero-order valence-corrected chi connectivity index (χ0v) is 13.8. The minimum Gasteiger partial charge on any atom is -0.375 e. The molecule has 1 aliphatic rings. The molecule has 118 valence electrons. The molecule has 7 nitrogen and oxygen atoms in total. The molecule has 1 fully saturated rings. The van der Waals surface area contributed by atoms with Gasteiger partial charge in [-0.25, -0.2) is 9.97 Å². The van der Waals surface area contributed by atoms with Crippen molar-refractivity contribution in [2.75, 3.05) is 55.8 Å². The standard InChI is InChI=1S/C14H21N7S/c1-19(2)14-16-4-3-12(18-14)21-7-5-20(6-8-21)10-11-9-17-13(15)22-11/h3-4,9H,5-8,10H2,1-2H3,(H2,15,17). The molecular formula is C14H21N7S. The van der Waals surface area contributed by atoms with Crippen LogP contribution >= 0.6 is 11.3 Å². The summed E-state index contributed by atoms with van der Waals surface area (Å²) in [5, 5.41) is 0.644. The van der Waals surface area contributed by atoms with Gasteiger partial charge in [0.1, 0.15) is 5.82 Å². The lowest BCUT2D eigenvalue weighted by atomic mass is 10.3. The number of hydrogen-bond acceptors (Lipinski definition) is 8. The summed E-state index contributed by atoms with van der Waals surface area (Å²) in [6.07, 6.45) is 3.70. The van der Waals surface area contributed by atoms with E-state index in [-0.39, 0.29) is 0 Å². The molecule has 1 saturated heterocycles. The van der Waals surface area contributed by atoms with Crippen molar-refractivity contribution in [1.29, 1.82) is 0 Å². The number of aromatic nitrogens is 3. The fourth-order valence-corrected chi connectivity index (χ4v) is 3.21. The summed E-state index contributed by atoms with van der Waals surface area (Å²) in [7, 11) is 3.91. The van der Waals surface area contributed by atoms with E-state index >= 15 is 0 Å². The maximum atomic E-state index is 5.68. The summed E-state index contributed by atoms with van der Waals surface area (Å²) in [5.41, 5.74) is 5.68. The molecule has 1 aliphatic heterocycles. The molecule has 0 aliphatic carbocycles. The number of nitrogens with zero attached hydrogens (tertiary/aromatic N) is 6. The number of nitrogen functional groups attached to an aromatic ring is 1. The van der Waals surface area contributed by atoms with Crippen molar-refractivity contribution >= 4 is 28.2 Å². The number of rotatable bonds is 4. The van der Waals surface area contributed by atoms with Crippen molar-refractivity contribution in [3.63, 3.8) is 0 Å². The van der Waals surface area contributed by atoms with Gasteiger partial charge in [0.05, 0.1) is 0 Å². The fraction of sp³-hybridized carbons (Fsp3) is 0.500. The van der Waals surface area contributed by atoms with Crippen molar-refractivity contribution in [2.24, 2.45) is 0 Å². The van der Waals surface area contributed by atoms with E-state index in [0.29, 0.717) is 5.13 Å². The van der Waals surface area contributed by atoms with E-state index in [2.05, 4.69) is 24.8 Å². The zero-order valence-electron chi connectivity index (χ0n) is 12.9. The predicted molar refractivity (Wildman–Crippen MR) is 90.4 cm³/mol. The molecule has 0 aromatic carbocycles. The normalized spacial score (nSPS) is 16.0. The van der Waals surface area contributed by atoms with Gasteiger partial charge in [-0.15, -0.1) is 11.3 Å². The van der Waals surface area contributed by atoms with Crippen molar-refractivity contribution < 1.29 is 0 Å². The summed E-state index contributed by atoms with van der Waals surface area (Å²) in [5.74, 6) is 1.75. The number of hydrogen-bond donors (Lipinski definition) is 1. The molecule has 0 amide bonds. The number of nitrogens with two attached hydrogens (primary N) is 1. The van der Waals surface area contributed by atoms with Gasteiger partial charge in [0.25, 0.3) is 0 Å². The average Bonchev–Trinajstić information content (AvgIpc) is 2.93. The molecule has 0 radical (unpaired) electrons. The van der Waals surface area contributed by atoms with Gasteiger partial charge in [-0.1, -0.05) is 0 Å². The highest BCUT2D eigenvalue weighted by Crippen LogP contribution is 2.19. The lowest BCUT2D eigenvalue weighted by Gasteiger charge is -2.35. The Morgan fingerprint density at radius 2 is 2.00 bits per heavy atom. The molecule has 2 aromatic heterocycles. The molecule has 0 bridgehead atoms. The Labute approximate surface area is 134 Å². The van der Waals surface area contributed by atoms with Crippen LogP contribution in [0.25, 0.3) is 0 Å². The van der Waals surface area contributed by atoms with Gasteiger partial charge in [-0.05, 0) is 6.07 Å². The van der Waals surface area contributed by atoms with E-state index in [4.69, 9.17) is 5.73 Å². The highest BCUT2D eigenvalue weighted by Gasteiger charge is 2.19. The third-order valence-corrected chi connectivity index (χ3v) is 4.49. The summed E-state index contributed by atoms with van der Waals surface area (Å²) in [6, 6.07) is 1.98. The second-order valence-electron chi connectivity index (χ2n) is 5.54. The second-order valence-corrected chi connectivity index (χ2v) is 6.68. The molecule has 0 atom stereocenters. The maximum absolute atomic E-state index is 5.68. The second kappa shape index (κ2) is 6.45. The molecule has 3 heterocycles. The predicted octanol–water partition coefficient (Wildman–Crippen LogP) is 0.904. The van der Waals surface area contributed by atoms with Crippen LogP contribution in [0.1, 0.15) is 4.88 Å². The maximum Gasteiger partial charge on any atom is 0.226 e. The summed E-state index contributed by atoms with van der Waals surface area (Å²) in [4.78, 5) is 20.9. The number of anilines is 3. The van der Waals surface area contributed by atoms with E-state index < -0.39 is 0 Å². The zero-order chi connectivity index (χ0) is 15.5. The van der Waals surface area contributed by atoms with Crippen molar-refractivity contribution in [1.82, 2.24) is 19.9 Å². The van der Waals surface area contributed by atoms with Gasteiger partial charge in [0.15, 0.2) is 5.13 Å². The van der Waals surface area contributed by atoms with Gasteiger partial charge in [0.2, 0.25) is 5.95 Å². The minimum absolute atomic E-state index is 0.644. The SMILES string of the molecule is CN(C)c1nccc(N2CCN(Cc3cnc(N)s3)CC2)n1. The van der Waals surface area contributed by atoms with E-state index in [1.165, 1.54) is 4.88 Å². The number of thiazole rings is 1. The van der Waals surface area contributed by atoms with Crippen LogP contribution in [-0.2, 0) is 6.54 Å². The van der Waals surface area contributed by atoms with Crippen LogP contribution in [0.15, 0.2) is 18.5 Å². The van der Waals surface area contributed by atoms with E-state index in [0.717, 1.165) is 44.5 Å². The molecule has 0 spiro atoms. The van der Waals surface area contributed by atoms with Gasteiger partial charge >= 0.3 is 0 Å². The first-order chi connectivity index (χ1) is 10.6. The Hall–Kier alpha value is -1.93. The Bertz CT molecular complexity index is 619. The Morgan fingerprint density at radius 3 is 2.64 bits per heavy atom. The molecule has 8 heteroatoms. The molecule has 2 aromatic rings. The quantitative estimate of drug-likeness (QED) is 0.897. The average molecular weight is 319 g/mol. The van der Waals surface area contributed by atoms with Crippen LogP contribution in [0.5, 0.6) is 0 Å². The number of piperazine rings is 1. The summed E-state index contributed by atoms with van der Waals surface area (Å²) < 4.78 is 0. The first kappa shape index (κ1) is 15.0. The molecule has 0 unspecified atom stereocenters. The highest BCUT2D eigenvalue weighted by atomic mass is 32.1. The first-order valence-corrected chi connectivity index (χ1v) is 8.11. The minimum atomic E-state index is 0.644. The molecule has 0 saturated carbocycles. The van der Waals surface area contributed by atoms with E-state index in [9.17, 15) is 0 Å². The van der Waals surface area contributed by atoms with Crippen molar-refractivity contribution in [3.05, 3.63) is 23.3 Å². The van der Waals surface area contributed by atoms with E-state index in [1.807, 2.05) is 37.5 Å². The van der Waals surface area contributed by atoms with Gasteiger partial charge < -0.3 is 15.5 Å². The Kier molecular flexibility index (Phi) is 4.39. The van der Waals surface area contributed by atoms with Gasteiger partial charge in [0, 0.05) is 64.1 Å². The third kappa shape index (κ3) is 3.45. The van der Waals surface area contributed by atoms with Crippen molar-refractivity contribution in [3.8, 4) is 0 Å². The largest absolute Gasteiger partial charge is 0.375 e. The Balaban J connectivity index is 1.58. The molecular weight excluding hydrogens is 298 g/mol. The summed E-state index contributed by atoms with van der Waals surface area (Å²) in [6.45, 7) is 4.89.